The molecule has 34 heavy (non-hydrogen) atoms. The third-order valence-corrected chi connectivity index (χ3v) is 4.89. The minimum atomic E-state index is -0.486. The number of nitrogens with zero attached hydrogens (tertiary/aromatic N) is 1. The number of hydrogen-bond donors (Lipinski definition) is 1. The topological polar surface area (TPSA) is 86.2 Å². The molecule has 0 saturated carbocycles. The van der Waals surface area contributed by atoms with Gasteiger partial charge in [0.2, 0.25) is 0 Å². The Hall–Kier alpha value is -4.13. The molecule has 0 bridgehead atoms. The lowest BCUT2D eigenvalue weighted by atomic mass is 9.87. The van der Waals surface area contributed by atoms with Crippen LogP contribution in [-0.4, -0.2) is 31.8 Å². The van der Waals surface area contributed by atoms with E-state index in [1.54, 1.807) is 42.5 Å². The Balaban J connectivity index is 1.52. The van der Waals surface area contributed by atoms with Gasteiger partial charge in [-0.15, -0.1) is 0 Å². The molecule has 0 atom stereocenters. The average molecular weight is 461 g/mol. The van der Waals surface area contributed by atoms with Gasteiger partial charge in [-0.1, -0.05) is 51.1 Å². The average Bonchev–Trinajstić information content (AvgIpc) is 2.83. The van der Waals surface area contributed by atoms with Gasteiger partial charge in [-0.25, -0.2) is 10.2 Å². The third-order valence-electron chi connectivity index (χ3n) is 4.89. The molecule has 0 spiro atoms. The fourth-order valence-electron chi connectivity index (χ4n) is 2.99. The molecule has 0 aliphatic heterocycles. The number of rotatable bonds is 8. The summed E-state index contributed by atoms with van der Waals surface area (Å²) in [7, 11) is 1.48. The summed E-state index contributed by atoms with van der Waals surface area (Å²) in [5.41, 5.74) is 4.74. The molecule has 0 fully saturated rings. The van der Waals surface area contributed by atoms with Crippen LogP contribution in [0, 0.1) is 0 Å². The number of hydrazone groups is 1. The van der Waals surface area contributed by atoms with E-state index in [2.05, 4.69) is 31.3 Å². The largest absolute Gasteiger partial charge is 0.493 e. The van der Waals surface area contributed by atoms with E-state index in [1.165, 1.54) is 18.9 Å². The Morgan fingerprint density at radius 1 is 0.941 bits per heavy atom. The van der Waals surface area contributed by atoms with Crippen LogP contribution in [0.5, 0.6) is 17.2 Å². The van der Waals surface area contributed by atoms with Gasteiger partial charge in [0.15, 0.2) is 18.1 Å². The van der Waals surface area contributed by atoms with Crippen LogP contribution in [0.2, 0.25) is 0 Å². The van der Waals surface area contributed by atoms with E-state index in [9.17, 15) is 9.59 Å². The van der Waals surface area contributed by atoms with Crippen molar-refractivity contribution in [2.75, 3.05) is 13.7 Å². The van der Waals surface area contributed by atoms with Gasteiger partial charge in [0.05, 0.1) is 18.9 Å². The van der Waals surface area contributed by atoms with Crippen LogP contribution in [0.1, 0.15) is 42.3 Å². The molecule has 1 N–H and O–H groups in total. The molecule has 1 amide bonds. The van der Waals surface area contributed by atoms with Gasteiger partial charge in [-0.2, -0.15) is 5.10 Å². The highest BCUT2D eigenvalue weighted by atomic mass is 16.6. The summed E-state index contributed by atoms with van der Waals surface area (Å²) in [4.78, 5) is 24.3. The number of carbonyl (C=O) groups is 2. The zero-order valence-electron chi connectivity index (χ0n) is 19.7. The fraction of sp³-hybridized carbons (Fsp3) is 0.222. The van der Waals surface area contributed by atoms with Crippen molar-refractivity contribution in [3.63, 3.8) is 0 Å². The Kier molecular flexibility index (Phi) is 8.03. The quantitative estimate of drug-likeness (QED) is 0.227. The van der Waals surface area contributed by atoms with Gasteiger partial charge in [0, 0.05) is 0 Å². The van der Waals surface area contributed by atoms with E-state index in [0.29, 0.717) is 22.6 Å². The van der Waals surface area contributed by atoms with Crippen LogP contribution in [0.3, 0.4) is 0 Å². The second kappa shape index (κ2) is 11.1. The fourth-order valence-corrected chi connectivity index (χ4v) is 2.99. The summed E-state index contributed by atoms with van der Waals surface area (Å²) in [6, 6.07) is 21.3. The van der Waals surface area contributed by atoms with Gasteiger partial charge in [-0.05, 0) is 59.0 Å². The normalized spacial score (nSPS) is 11.2. The van der Waals surface area contributed by atoms with Crippen LogP contribution < -0.4 is 19.6 Å². The molecule has 3 aromatic carbocycles. The van der Waals surface area contributed by atoms with Crippen molar-refractivity contribution in [2.24, 2.45) is 5.10 Å². The first-order chi connectivity index (χ1) is 16.3. The Bertz CT molecular complexity index is 1150. The third kappa shape index (κ3) is 6.93. The number of hydrogen-bond acceptors (Lipinski definition) is 6. The maximum absolute atomic E-state index is 12.3. The van der Waals surface area contributed by atoms with Crippen LogP contribution in [-0.2, 0) is 10.2 Å². The van der Waals surface area contributed by atoms with E-state index < -0.39 is 11.9 Å². The predicted molar refractivity (Wildman–Crippen MR) is 131 cm³/mol. The number of ether oxygens (including phenoxy) is 3. The molecule has 7 heteroatoms. The van der Waals surface area contributed by atoms with Gasteiger partial charge < -0.3 is 14.2 Å². The minimum absolute atomic E-state index is 0.0506. The zero-order valence-corrected chi connectivity index (χ0v) is 19.7. The molecule has 0 unspecified atom stereocenters. The molecule has 3 rings (SSSR count). The molecule has 176 valence electrons. The monoisotopic (exact) mass is 460 g/mol. The van der Waals surface area contributed by atoms with E-state index in [0.717, 1.165) is 0 Å². The molecule has 0 aromatic heterocycles. The minimum Gasteiger partial charge on any atom is -0.493 e. The predicted octanol–water partition coefficient (Wildman–Crippen LogP) is 4.74. The highest BCUT2D eigenvalue weighted by molar-refractivity contribution is 5.91. The second-order valence-electron chi connectivity index (χ2n) is 8.52. The molecule has 7 nitrogen and oxygen atoms in total. The first kappa shape index (κ1) is 24.5. The molecule has 0 saturated heterocycles. The van der Waals surface area contributed by atoms with Gasteiger partial charge >= 0.3 is 5.97 Å². The molecular formula is C27H28N2O5. The van der Waals surface area contributed by atoms with Crippen LogP contribution in [0.4, 0.5) is 0 Å². The summed E-state index contributed by atoms with van der Waals surface area (Å²) >= 11 is 0. The maximum Gasteiger partial charge on any atom is 0.343 e. The van der Waals surface area contributed by atoms with E-state index >= 15 is 0 Å². The molecule has 0 radical (unpaired) electrons. The first-order valence-electron chi connectivity index (χ1n) is 10.8. The number of benzene rings is 3. The Morgan fingerprint density at radius 3 is 2.29 bits per heavy atom. The molecule has 0 heterocycles. The summed E-state index contributed by atoms with van der Waals surface area (Å²) < 4.78 is 16.3. The number of amides is 1. The van der Waals surface area contributed by atoms with E-state index in [1.807, 2.05) is 30.3 Å². The lowest BCUT2D eigenvalue weighted by Gasteiger charge is -2.19. The zero-order chi connectivity index (χ0) is 24.6. The summed E-state index contributed by atoms with van der Waals surface area (Å²) in [6.45, 7) is 6.24. The van der Waals surface area contributed by atoms with Crippen molar-refractivity contribution < 1.29 is 23.8 Å². The number of carbonyl (C=O) groups excluding carboxylic acids is 2. The number of nitrogens with one attached hydrogen (secondary N) is 1. The van der Waals surface area contributed by atoms with E-state index in [-0.39, 0.29) is 17.8 Å². The molecular weight excluding hydrogens is 432 g/mol. The van der Waals surface area contributed by atoms with E-state index in [4.69, 9.17) is 14.2 Å². The Labute approximate surface area is 199 Å². The van der Waals surface area contributed by atoms with Crippen molar-refractivity contribution in [1.82, 2.24) is 5.43 Å². The summed E-state index contributed by atoms with van der Waals surface area (Å²) in [6.07, 6.45) is 1.46. The van der Waals surface area contributed by atoms with Crippen LogP contribution in [0.15, 0.2) is 77.9 Å². The smallest absolute Gasteiger partial charge is 0.343 e. The summed E-state index contributed by atoms with van der Waals surface area (Å²) in [5.74, 6) is 0.375. The Morgan fingerprint density at radius 2 is 1.65 bits per heavy atom. The van der Waals surface area contributed by atoms with Crippen LogP contribution in [0.25, 0.3) is 0 Å². The maximum atomic E-state index is 12.3. The molecule has 0 aliphatic carbocycles. The lowest BCUT2D eigenvalue weighted by molar-refractivity contribution is -0.123. The molecule has 0 aliphatic rings. The van der Waals surface area contributed by atoms with Crippen molar-refractivity contribution in [2.45, 2.75) is 26.2 Å². The molecule has 3 aromatic rings. The van der Waals surface area contributed by atoms with Gasteiger partial charge in [0.25, 0.3) is 5.91 Å². The second-order valence-corrected chi connectivity index (χ2v) is 8.52. The first-order valence-corrected chi connectivity index (χ1v) is 10.8. The standard InChI is InChI=1S/C27H28N2O5/c1-27(2,3)21-11-13-22(14-12-21)33-18-25(30)29-28-17-19-10-15-23(24(16-19)32-4)34-26(31)20-8-6-5-7-9-20/h5-17H,18H2,1-4H3,(H,29,30). The number of methoxy groups -OCH3 is 1. The van der Waals surface area contributed by atoms with Gasteiger partial charge in [-0.3, -0.25) is 4.79 Å². The van der Waals surface area contributed by atoms with Gasteiger partial charge in [0.1, 0.15) is 5.75 Å². The highest BCUT2D eigenvalue weighted by Gasteiger charge is 2.14. The summed E-state index contributed by atoms with van der Waals surface area (Å²) in [5, 5.41) is 3.95. The van der Waals surface area contributed by atoms with Crippen molar-refractivity contribution in [3.05, 3.63) is 89.5 Å². The van der Waals surface area contributed by atoms with Crippen molar-refractivity contribution >= 4 is 18.1 Å². The highest BCUT2D eigenvalue weighted by Crippen LogP contribution is 2.28. The number of esters is 1. The van der Waals surface area contributed by atoms with Crippen molar-refractivity contribution in [1.29, 1.82) is 0 Å². The SMILES string of the molecule is COc1cc(C=NNC(=O)COc2ccc(C(C)(C)C)cc2)ccc1OC(=O)c1ccccc1. The lowest BCUT2D eigenvalue weighted by Crippen LogP contribution is -2.24. The van der Waals surface area contributed by atoms with Crippen LogP contribution >= 0.6 is 0 Å². The van der Waals surface area contributed by atoms with Crippen molar-refractivity contribution in [3.8, 4) is 17.2 Å².